The average Bonchev–Trinajstić information content (AvgIpc) is 2.97. The molecule has 1 heterocycles. The van der Waals surface area contributed by atoms with Crippen LogP contribution in [0.1, 0.15) is 0 Å². The van der Waals surface area contributed by atoms with Crippen molar-refractivity contribution < 1.29 is 19.0 Å². The molecule has 2 aromatic rings. The van der Waals surface area contributed by atoms with Crippen LogP contribution in [0.2, 0.25) is 0 Å². The molecule has 1 aromatic heterocycles. The van der Waals surface area contributed by atoms with E-state index in [2.05, 4.69) is 20.8 Å². The highest BCUT2D eigenvalue weighted by Gasteiger charge is 2.15. The summed E-state index contributed by atoms with van der Waals surface area (Å²) < 4.78 is 17.2. The maximum Gasteiger partial charge on any atom is 0.234 e. The number of rotatable bonds is 7. The highest BCUT2D eigenvalue weighted by Crippen LogP contribution is 2.39. The lowest BCUT2D eigenvalue weighted by Gasteiger charge is -2.14. The zero-order chi connectivity index (χ0) is 16.8. The van der Waals surface area contributed by atoms with Crippen molar-refractivity contribution >= 4 is 23.4 Å². The molecular formula is C13H17N5O4S. The number of carbonyl (C=O) groups is 1. The number of anilines is 1. The topological polar surface area (TPSA) is 100 Å². The number of nitrogens with zero attached hydrogens (tertiary/aromatic N) is 4. The number of amides is 1. The number of tetrazole rings is 1. The first-order chi connectivity index (χ1) is 11.1. The van der Waals surface area contributed by atoms with E-state index in [9.17, 15) is 4.79 Å². The molecule has 23 heavy (non-hydrogen) atoms. The Hall–Kier alpha value is -2.49. The van der Waals surface area contributed by atoms with Crippen molar-refractivity contribution in [2.45, 2.75) is 5.16 Å². The second-order valence-corrected chi connectivity index (χ2v) is 5.28. The molecule has 0 aliphatic heterocycles. The lowest BCUT2D eigenvalue weighted by Crippen LogP contribution is -2.14. The molecular weight excluding hydrogens is 322 g/mol. The van der Waals surface area contributed by atoms with Gasteiger partial charge >= 0.3 is 0 Å². The fourth-order valence-electron chi connectivity index (χ4n) is 1.82. The third-order valence-electron chi connectivity index (χ3n) is 2.86. The summed E-state index contributed by atoms with van der Waals surface area (Å²) in [5.41, 5.74) is 0.543. The number of methoxy groups -OCH3 is 3. The van der Waals surface area contributed by atoms with Gasteiger partial charge in [-0.1, -0.05) is 11.8 Å². The quantitative estimate of drug-likeness (QED) is 0.745. The Bertz CT molecular complexity index is 666. The molecule has 0 atom stereocenters. The molecule has 1 aromatic carbocycles. The maximum atomic E-state index is 12.0. The van der Waals surface area contributed by atoms with Gasteiger partial charge in [0.1, 0.15) is 0 Å². The van der Waals surface area contributed by atoms with E-state index in [1.54, 1.807) is 19.2 Å². The first-order valence-electron chi connectivity index (χ1n) is 6.54. The van der Waals surface area contributed by atoms with E-state index in [1.165, 1.54) is 37.8 Å². The van der Waals surface area contributed by atoms with Crippen molar-refractivity contribution in [1.29, 1.82) is 0 Å². The fourth-order valence-corrected chi connectivity index (χ4v) is 2.47. The van der Waals surface area contributed by atoms with Gasteiger partial charge in [-0.2, -0.15) is 0 Å². The molecule has 0 bridgehead atoms. The molecule has 1 N–H and O–H groups in total. The van der Waals surface area contributed by atoms with Gasteiger partial charge in [0.25, 0.3) is 0 Å². The van der Waals surface area contributed by atoms with Crippen LogP contribution < -0.4 is 19.5 Å². The molecule has 9 nitrogen and oxygen atoms in total. The highest BCUT2D eigenvalue weighted by molar-refractivity contribution is 7.99. The zero-order valence-corrected chi connectivity index (χ0v) is 14.0. The summed E-state index contributed by atoms with van der Waals surface area (Å²) in [5.74, 6) is 1.37. The SMILES string of the molecule is COc1cc(NC(=O)CSc2nnnn2C)cc(OC)c1OC. The molecule has 124 valence electrons. The molecule has 1 amide bonds. The van der Waals surface area contributed by atoms with Crippen molar-refractivity contribution in [3.63, 3.8) is 0 Å². The van der Waals surface area contributed by atoms with Crippen molar-refractivity contribution in [3.05, 3.63) is 12.1 Å². The number of nitrogens with one attached hydrogen (secondary N) is 1. The second kappa shape index (κ2) is 7.68. The van der Waals surface area contributed by atoms with Crippen LogP contribution >= 0.6 is 11.8 Å². The molecule has 0 saturated heterocycles. The standard InChI is InChI=1S/C13H17N5O4S/c1-18-13(15-16-17-18)23-7-11(19)14-8-5-9(20-2)12(22-4)10(6-8)21-3/h5-6H,7H2,1-4H3,(H,14,19). The van der Waals surface area contributed by atoms with Crippen LogP contribution in [0.5, 0.6) is 17.2 Å². The number of aryl methyl sites for hydroxylation is 1. The summed E-state index contributed by atoms with van der Waals surface area (Å²) in [7, 11) is 6.25. The fraction of sp³-hybridized carbons (Fsp3) is 0.385. The number of thioether (sulfide) groups is 1. The molecule has 0 radical (unpaired) electrons. The predicted octanol–water partition coefficient (Wildman–Crippen LogP) is 0.967. The summed E-state index contributed by atoms with van der Waals surface area (Å²) in [5, 5.41) is 14.3. The van der Waals surface area contributed by atoms with Crippen LogP contribution in [0.4, 0.5) is 5.69 Å². The van der Waals surface area contributed by atoms with Gasteiger partial charge in [-0.25, -0.2) is 4.68 Å². The van der Waals surface area contributed by atoms with E-state index >= 15 is 0 Å². The predicted molar refractivity (Wildman–Crippen MR) is 84.2 cm³/mol. The Morgan fingerprint density at radius 2 is 1.87 bits per heavy atom. The number of hydrogen-bond donors (Lipinski definition) is 1. The van der Waals surface area contributed by atoms with Gasteiger partial charge in [-0.05, 0) is 10.4 Å². The molecule has 0 unspecified atom stereocenters. The van der Waals surface area contributed by atoms with E-state index in [-0.39, 0.29) is 11.7 Å². The minimum Gasteiger partial charge on any atom is -0.493 e. The Morgan fingerprint density at radius 3 is 2.35 bits per heavy atom. The minimum atomic E-state index is -0.202. The van der Waals surface area contributed by atoms with Gasteiger partial charge in [0.05, 0.1) is 27.1 Å². The van der Waals surface area contributed by atoms with E-state index < -0.39 is 0 Å². The first-order valence-corrected chi connectivity index (χ1v) is 7.52. The van der Waals surface area contributed by atoms with Crippen molar-refractivity contribution in [2.75, 3.05) is 32.4 Å². The Labute approximate surface area is 137 Å². The van der Waals surface area contributed by atoms with Crippen LogP contribution in [0.25, 0.3) is 0 Å². The number of ether oxygens (including phenoxy) is 3. The van der Waals surface area contributed by atoms with Crippen molar-refractivity contribution in [1.82, 2.24) is 20.2 Å². The van der Waals surface area contributed by atoms with Gasteiger partial charge < -0.3 is 19.5 Å². The second-order valence-electron chi connectivity index (χ2n) is 4.34. The largest absolute Gasteiger partial charge is 0.493 e. The van der Waals surface area contributed by atoms with Crippen molar-refractivity contribution in [2.24, 2.45) is 7.05 Å². The Kier molecular flexibility index (Phi) is 5.63. The summed E-state index contributed by atoms with van der Waals surface area (Å²) in [6, 6.07) is 3.32. The Morgan fingerprint density at radius 1 is 1.22 bits per heavy atom. The van der Waals surface area contributed by atoms with Gasteiger partial charge in [-0.15, -0.1) is 5.10 Å². The van der Waals surface area contributed by atoms with Crippen LogP contribution in [0, 0.1) is 0 Å². The van der Waals surface area contributed by atoms with E-state index in [0.29, 0.717) is 28.1 Å². The minimum absolute atomic E-state index is 0.172. The van der Waals surface area contributed by atoms with Gasteiger partial charge in [0.2, 0.25) is 16.8 Å². The first kappa shape index (κ1) is 16.9. The van der Waals surface area contributed by atoms with Gasteiger partial charge in [0.15, 0.2) is 11.5 Å². The highest BCUT2D eigenvalue weighted by atomic mass is 32.2. The number of aromatic nitrogens is 4. The molecule has 0 fully saturated rings. The molecule has 10 heteroatoms. The van der Waals surface area contributed by atoms with E-state index in [1.807, 2.05) is 0 Å². The molecule has 0 aliphatic carbocycles. The monoisotopic (exact) mass is 339 g/mol. The van der Waals surface area contributed by atoms with E-state index in [4.69, 9.17) is 14.2 Å². The summed E-state index contributed by atoms with van der Waals surface area (Å²) in [6.07, 6.45) is 0. The summed E-state index contributed by atoms with van der Waals surface area (Å²) in [4.78, 5) is 12.0. The summed E-state index contributed by atoms with van der Waals surface area (Å²) in [6.45, 7) is 0. The smallest absolute Gasteiger partial charge is 0.234 e. The van der Waals surface area contributed by atoms with Crippen LogP contribution in [-0.2, 0) is 11.8 Å². The lowest BCUT2D eigenvalue weighted by atomic mass is 10.2. The molecule has 2 rings (SSSR count). The molecule has 0 spiro atoms. The molecule has 0 aliphatic rings. The van der Waals surface area contributed by atoms with Crippen LogP contribution in [0.15, 0.2) is 17.3 Å². The maximum absolute atomic E-state index is 12.0. The zero-order valence-electron chi connectivity index (χ0n) is 13.2. The number of benzene rings is 1. The molecule has 0 saturated carbocycles. The number of carbonyl (C=O) groups excluding carboxylic acids is 1. The van der Waals surface area contributed by atoms with Gasteiger partial charge in [-0.3, -0.25) is 4.79 Å². The number of hydrogen-bond acceptors (Lipinski definition) is 8. The Balaban J connectivity index is 2.07. The van der Waals surface area contributed by atoms with E-state index in [0.717, 1.165) is 0 Å². The third-order valence-corrected chi connectivity index (χ3v) is 3.87. The lowest BCUT2D eigenvalue weighted by molar-refractivity contribution is -0.113. The third kappa shape index (κ3) is 4.03. The average molecular weight is 339 g/mol. The van der Waals surface area contributed by atoms with Crippen LogP contribution in [0.3, 0.4) is 0 Å². The normalized spacial score (nSPS) is 10.3. The van der Waals surface area contributed by atoms with Crippen LogP contribution in [-0.4, -0.2) is 53.2 Å². The van der Waals surface area contributed by atoms with Gasteiger partial charge in [0, 0.05) is 24.9 Å². The summed E-state index contributed by atoms with van der Waals surface area (Å²) >= 11 is 1.24. The van der Waals surface area contributed by atoms with Crippen molar-refractivity contribution in [3.8, 4) is 17.2 Å².